The fourth-order valence-corrected chi connectivity index (χ4v) is 3.17. The molecule has 0 radical (unpaired) electrons. The summed E-state index contributed by atoms with van der Waals surface area (Å²) in [5.41, 5.74) is 0. The van der Waals surface area contributed by atoms with Gasteiger partial charge in [0.2, 0.25) is 0 Å². The molecule has 3 nitrogen and oxygen atoms in total. The Morgan fingerprint density at radius 1 is 1.47 bits per heavy atom. The quantitative estimate of drug-likeness (QED) is 0.886. The molecule has 1 saturated heterocycles. The number of amides is 1. The number of rotatable bonds is 4. The topological polar surface area (TPSA) is 32.3 Å². The minimum absolute atomic E-state index is 0.0878. The Morgan fingerprint density at radius 2 is 2.35 bits per heavy atom. The summed E-state index contributed by atoms with van der Waals surface area (Å²) < 4.78 is 0. The summed E-state index contributed by atoms with van der Waals surface area (Å²) >= 11 is 1.51. The van der Waals surface area contributed by atoms with Crippen LogP contribution in [0.15, 0.2) is 17.5 Å². The van der Waals surface area contributed by atoms with Crippen molar-refractivity contribution in [3.63, 3.8) is 0 Å². The Bertz CT molecular complexity index is 386. The van der Waals surface area contributed by atoms with Crippen LogP contribution >= 0.6 is 11.3 Å². The van der Waals surface area contributed by atoms with Crippen molar-refractivity contribution >= 4 is 17.2 Å². The van der Waals surface area contributed by atoms with Crippen molar-refractivity contribution in [1.29, 1.82) is 0 Å². The van der Waals surface area contributed by atoms with Gasteiger partial charge in [-0.1, -0.05) is 6.07 Å². The molecule has 0 aromatic carbocycles. The highest BCUT2D eigenvalue weighted by molar-refractivity contribution is 7.12. The predicted octanol–water partition coefficient (Wildman–Crippen LogP) is 1.96. The normalized spacial score (nSPS) is 25.1. The van der Waals surface area contributed by atoms with Crippen molar-refractivity contribution < 1.29 is 4.79 Å². The first-order chi connectivity index (χ1) is 8.33. The average molecular weight is 250 g/mol. The Labute approximate surface area is 106 Å². The van der Waals surface area contributed by atoms with E-state index in [1.54, 1.807) is 0 Å². The number of hydrogen-bond donors (Lipinski definition) is 1. The van der Waals surface area contributed by atoms with Crippen LogP contribution < -0.4 is 5.32 Å². The van der Waals surface area contributed by atoms with E-state index in [0.717, 1.165) is 17.5 Å². The highest BCUT2D eigenvalue weighted by Gasteiger charge is 2.34. The first-order valence-corrected chi connectivity index (χ1v) is 7.26. The SMILES string of the molecule is O=C(NC[C@@H]1CCN(C2CC2)C1)c1cccs1. The zero-order valence-electron chi connectivity index (χ0n) is 9.89. The minimum Gasteiger partial charge on any atom is -0.351 e. The van der Waals surface area contributed by atoms with E-state index in [1.807, 2.05) is 17.5 Å². The minimum atomic E-state index is 0.0878. The molecule has 2 aliphatic rings. The summed E-state index contributed by atoms with van der Waals surface area (Å²) in [5.74, 6) is 0.740. The maximum absolute atomic E-state index is 11.8. The van der Waals surface area contributed by atoms with E-state index in [4.69, 9.17) is 0 Å². The molecule has 1 aromatic rings. The lowest BCUT2D eigenvalue weighted by Crippen LogP contribution is -2.31. The molecule has 1 amide bonds. The summed E-state index contributed by atoms with van der Waals surface area (Å²) in [7, 11) is 0. The lowest BCUT2D eigenvalue weighted by Gasteiger charge is -2.14. The molecule has 92 valence electrons. The lowest BCUT2D eigenvalue weighted by molar-refractivity contribution is 0.0951. The van der Waals surface area contributed by atoms with E-state index >= 15 is 0 Å². The van der Waals surface area contributed by atoms with Gasteiger partial charge in [0.15, 0.2) is 0 Å². The smallest absolute Gasteiger partial charge is 0.261 e. The maximum Gasteiger partial charge on any atom is 0.261 e. The number of thiophene rings is 1. The van der Waals surface area contributed by atoms with Gasteiger partial charge < -0.3 is 10.2 Å². The van der Waals surface area contributed by atoms with Gasteiger partial charge >= 0.3 is 0 Å². The second-order valence-corrected chi connectivity index (χ2v) is 6.02. The molecule has 3 rings (SSSR count). The van der Waals surface area contributed by atoms with Gasteiger partial charge in [-0.05, 0) is 43.2 Å². The fraction of sp³-hybridized carbons (Fsp3) is 0.615. The van der Waals surface area contributed by atoms with Gasteiger partial charge in [0.05, 0.1) is 4.88 Å². The van der Waals surface area contributed by atoms with E-state index < -0.39 is 0 Å². The molecule has 1 aliphatic carbocycles. The second kappa shape index (κ2) is 4.78. The van der Waals surface area contributed by atoms with E-state index in [2.05, 4.69) is 10.2 Å². The van der Waals surface area contributed by atoms with Crippen molar-refractivity contribution in [2.24, 2.45) is 5.92 Å². The lowest BCUT2D eigenvalue weighted by atomic mass is 10.1. The van der Waals surface area contributed by atoms with Gasteiger partial charge in [-0.25, -0.2) is 0 Å². The van der Waals surface area contributed by atoms with Gasteiger partial charge in [0, 0.05) is 19.1 Å². The first kappa shape index (κ1) is 11.2. The van der Waals surface area contributed by atoms with Crippen LogP contribution in [0.1, 0.15) is 28.9 Å². The molecule has 1 aliphatic heterocycles. The van der Waals surface area contributed by atoms with Crippen LogP contribution in [-0.2, 0) is 0 Å². The zero-order valence-corrected chi connectivity index (χ0v) is 10.7. The van der Waals surface area contributed by atoms with Gasteiger partial charge in [0.25, 0.3) is 5.91 Å². The largest absolute Gasteiger partial charge is 0.351 e. The maximum atomic E-state index is 11.8. The molecule has 0 bridgehead atoms. The Kier molecular flexibility index (Phi) is 3.16. The average Bonchev–Trinajstić information content (AvgIpc) is 2.88. The number of likely N-dealkylation sites (tertiary alicyclic amines) is 1. The van der Waals surface area contributed by atoms with Crippen molar-refractivity contribution in [3.8, 4) is 0 Å². The van der Waals surface area contributed by atoms with Gasteiger partial charge in [-0.2, -0.15) is 0 Å². The molecule has 4 heteroatoms. The zero-order chi connectivity index (χ0) is 11.7. The van der Waals surface area contributed by atoms with Crippen molar-refractivity contribution in [2.75, 3.05) is 19.6 Å². The van der Waals surface area contributed by atoms with E-state index in [0.29, 0.717) is 5.92 Å². The molecule has 0 spiro atoms. The molecule has 1 saturated carbocycles. The van der Waals surface area contributed by atoms with Crippen LogP contribution in [0, 0.1) is 5.92 Å². The molecule has 0 unspecified atom stereocenters. The molecule has 17 heavy (non-hydrogen) atoms. The summed E-state index contributed by atoms with van der Waals surface area (Å²) in [4.78, 5) is 15.2. The third-order valence-electron chi connectivity index (χ3n) is 3.68. The molecular formula is C13H18N2OS. The Balaban J connectivity index is 1.44. The standard InChI is InChI=1S/C13H18N2OS/c16-13(12-2-1-7-17-12)14-8-10-5-6-15(9-10)11-3-4-11/h1-2,7,10-11H,3-6,8-9H2,(H,14,16)/t10-/m0/s1. The van der Waals surface area contributed by atoms with Gasteiger partial charge in [-0.3, -0.25) is 4.79 Å². The van der Waals surface area contributed by atoms with Gasteiger partial charge in [-0.15, -0.1) is 11.3 Å². The molecule has 2 heterocycles. The second-order valence-electron chi connectivity index (χ2n) is 5.07. The van der Waals surface area contributed by atoms with Crippen LogP contribution in [0.2, 0.25) is 0 Å². The number of nitrogens with one attached hydrogen (secondary N) is 1. The summed E-state index contributed by atoms with van der Waals surface area (Å²) in [6, 6.07) is 4.67. The Hall–Kier alpha value is -0.870. The molecular weight excluding hydrogens is 232 g/mol. The van der Waals surface area contributed by atoms with Gasteiger partial charge in [0.1, 0.15) is 0 Å². The van der Waals surface area contributed by atoms with Crippen LogP contribution in [0.4, 0.5) is 0 Å². The summed E-state index contributed by atoms with van der Waals surface area (Å²) in [6.45, 7) is 3.24. The van der Waals surface area contributed by atoms with Crippen LogP contribution in [0.25, 0.3) is 0 Å². The number of nitrogens with zero attached hydrogens (tertiary/aromatic N) is 1. The van der Waals surface area contributed by atoms with Crippen molar-refractivity contribution in [1.82, 2.24) is 10.2 Å². The first-order valence-electron chi connectivity index (χ1n) is 6.38. The monoisotopic (exact) mass is 250 g/mol. The van der Waals surface area contributed by atoms with Crippen LogP contribution in [0.3, 0.4) is 0 Å². The fourth-order valence-electron chi connectivity index (χ4n) is 2.53. The van der Waals surface area contributed by atoms with Crippen LogP contribution in [-0.4, -0.2) is 36.5 Å². The van der Waals surface area contributed by atoms with E-state index in [9.17, 15) is 4.79 Å². The summed E-state index contributed by atoms with van der Waals surface area (Å²) in [6.07, 6.45) is 4.00. The van der Waals surface area contributed by atoms with Crippen molar-refractivity contribution in [2.45, 2.75) is 25.3 Å². The molecule has 2 fully saturated rings. The third kappa shape index (κ3) is 2.69. The molecule has 1 N–H and O–H groups in total. The van der Waals surface area contributed by atoms with Crippen molar-refractivity contribution in [3.05, 3.63) is 22.4 Å². The molecule has 1 aromatic heterocycles. The van der Waals surface area contributed by atoms with E-state index in [-0.39, 0.29) is 5.91 Å². The number of carbonyl (C=O) groups excluding carboxylic acids is 1. The highest BCUT2D eigenvalue weighted by Crippen LogP contribution is 2.31. The highest BCUT2D eigenvalue weighted by atomic mass is 32.1. The third-order valence-corrected chi connectivity index (χ3v) is 4.55. The van der Waals surface area contributed by atoms with Crippen LogP contribution in [0.5, 0.6) is 0 Å². The predicted molar refractivity (Wildman–Crippen MR) is 69.4 cm³/mol. The summed E-state index contributed by atoms with van der Waals surface area (Å²) in [5, 5.41) is 5.00. The van der Waals surface area contributed by atoms with E-state index in [1.165, 1.54) is 43.7 Å². The molecule has 1 atom stereocenters. The Morgan fingerprint density at radius 3 is 3.06 bits per heavy atom. The number of hydrogen-bond acceptors (Lipinski definition) is 3. The number of carbonyl (C=O) groups is 1.